The largest absolute Gasteiger partial charge is 0.483 e. The number of halogens is 2. The van der Waals surface area contributed by atoms with E-state index < -0.39 is 0 Å². The van der Waals surface area contributed by atoms with Crippen molar-refractivity contribution in [3.05, 3.63) is 51.7 Å². The molecule has 0 saturated heterocycles. The lowest BCUT2D eigenvalue weighted by Gasteiger charge is -2.14. The van der Waals surface area contributed by atoms with Crippen LogP contribution in [0.15, 0.2) is 41.0 Å². The fraction of sp³-hybridized carbons (Fsp3) is 0.250. The van der Waals surface area contributed by atoms with Gasteiger partial charge >= 0.3 is 0 Å². The number of amides is 1. The fourth-order valence-corrected chi connectivity index (χ4v) is 2.38. The molecule has 1 amide bonds. The number of hydrogen-bond acceptors (Lipinski definition) is 3. The van der Waals surface area contributed by atoms with Crippen molar-refractivity contribution in [2.24, 2.45) is 0 Å². The van der Waals surface area contributed by atoms with Crippen molar-refractivity contribution in [3.63, 3.8) is 0 Å². The maximum Gasteiger partial charge on any atom is 0.262 e. The molecule has 1 aromatic carbocycles. The van der Waals surface area contributed by atoms with Gasteiger partial charge in [0.25, 0.3) is 5.91 Å². The summed E-state index contributed by atoms with van der Waals surface area (Å²) in [6.07, 6.45) is 1.50. The van der Waals surface area contributed by atoms with E-state index in [2.05, 4.69) is 40.1 Å². The number of benzene rings is 1. The van der Waals surface area contributed by atoms with E-state index in [1.165, 1.54) is 6.20 Å². The second-order valence-corrected chi connectivity index (χ2v) is 6.35. The monoisotopic (exact) mass is 382 g/mol. The number of ether oxygens (including phenoxy) is 1. The van der Waals surface area contributed by atoms with Crippen LogP contribution in [0.3, 0.4) is 0 Å². The summed E-state index contributed by atoms with van der Waals surface area (Å²) in [6.45, 7) is 4.09. The quantitative estimate of drug-likeness (QED) is 0.765. The molecule has 1 heterocycles. The highest BCUT2D eigenvalue weighted by Gasteiger charge is 2.11. The van der Waals surface area contributed by atoms with Gasteiger partial charge in [-0.3, -0.25) is 4.79 Å². The van der Waals surface area contributed by atoms with Gasteiger partial charge in [0.2, 0.25) is 0 Å². The molecule has 0 aliphatic heterocycles. The second-order valence-electron chi connectivity index (χ2n) is 5.04. The first kappa shape index (κ1) is 16.8. The molecule has 4 nitrogen and oxygen atoms in total. The molecule has 116 valence electrons. The van der Waals surface area contributed by atoms with Crippen molar-refractivity contribution in [3.8, 4) is 5.75 Å². The molecule has 0 bridgehead atoms. The highest BCUT2D eigenvalue weighted by molar-refractivity contribution is 9.10. The number of anilines is 1. The Morgan fingerprint density at radius 2 is 2.14 bits per heavy atom. The third kappa shape index (κ3) is 4.71. The molecule has 1 N–H and O–H groups in total. The van der Waals surface area contributed by atoms with Gasteiger partial charge in [-0.25, -0.2) is 4.98 Å². The molecule has 0 aliphatic carbocycles. The Bertz CT molecular complexity index is 660. The first-order valence-electron chi connectivity index (χ1n) is 6.79. The van der Waals surface area contributed by atoms with Crippen LogP contribution in [-0.2, 0) is 4.79 Å². The van der Waals surface area contributed by atoms with Crippen LogP contribution in [0, 0.1) is 0 Å². The van der Waals surface area contributed by atoms with E-state index in [1.807, 2.05) is 18.2 Å². The molecule has 1 aromatic heterocycles. The topological polar surface area (TPSA) is 51.2 Å². The lowest BCUT2D eigenvalue weighted by Crippen LogP contribution is -2.20. The zero-order valence-electron chi connectivity index (χ0n) is 12.3. The van der Waals surface area contributed by atoms with E-state index in [-0.39, 0.29) is 12.5 Å². The number of carbonyl (C=O) groups is 1. The van der Waals surface area contributed by atoms with Crippen LogP contribution in [0.2, 0.25) is 5.15 Å². The Kier molecular flexibility index (Phi) is 5.80. The summed E-state index contributed by atoms with van der Waals surface area (Å²) in [6, 6.07) is 9.05. The van der Waals surface area contributed by atoms with Crippen molar-refractivity contribution >= 4 is 39.1 Å². The highest BCUT2D eigenvalue weighted by Crippen LogP contribution is 2.29. The number of nitrogens with one attached hydrogen (secondary N) is 1. The van der Waals surface area contributed by atoms with Crippen molar-refractivity contribution in [1.82, 2.24) is 4.98 Å². The molecule has 6 heteroatoms. The van der Waals surface area contributed by atoms with E-state index in [1.54, 1.807) is 12.1 Å². The molecule has 2 aromatic rings. The van der Waals surface area contributed by atoms with Crippen molar-refractivity contribution in [1.29, 1.82) is 0 Å². The second kappa shape index (κ2) is 7.61. The maximum absolute atomic E-state index is 11.9. The highest BCUT2D eigenvalue weighted by atomic mass is 79.9. The summed E-state index contributed by atoms with van der Waals surface area (Å²) in [5, 5.41) is 3.09. The number of nitrogens with zero attached hydrogens (tertiary/aromatic N) is 1. The van der Waals surface area contributed by atoms with Crippen LogP contribution in [0.5, 0.6) is 5.75 Å². The molecule has 0 spiro atoms. The zero-order chi connectivity index (χ0) is 16.1. The lowest BCUT2D eigenvalue weighted by atomic mass is 10.0. The molecule has 0 unspecified atom stereocenters. The Hall–Kier alpha value is -1.59. The molecule has 0 radical (unpaired) electrons. The van der Waals surface area contributed by atoms with Crippen molar-refractivity contribution in [2.45, 2.75) is 19.8 Å². The predicted molar refractivity (Wildman–Crippen MR) is 91.6 cm³/mol. The Labute approximate surface area is 143 Å². The SMILES string of the molecule is CC(C)c1cc(Br)ccc1OCC(=O)Nc1ccc(Cl)nc1. The summed E-state index contributed by atoms with van der Waals surface area (Å²) in [5.41, 5.74) is 1.63. The normalized spacial score (nSPS) is 10.6. The summed E-state index contributed by atoms with van der Waals surface area (Å²) < 4.78 is 6.62. The Morgan fingerprint density at radius 1 is 1.36 bits per heavy atom. The molecular weight excluding hydrogens is 368 g/mol. The Balaban J connectivity index is 1.98. The van der Waals surface area contributed by atoms with Gasteiger partial charge in [0.05, 0.1) is 11.9 Å². The number of hydrogen-bond donors (Lipinski definition) is 1. The Morgan fingerprint density at radius 3 is 2.77 bits per heavy atom. The van der Waals surface area contributed by atoms with Gasteiger partial charge in [0.15, 0.2) is 6.61 Å². The third-order valence-corrected chi connectivity index (χ3v) is 3.68. The van der Waals surface area contributed by atoms with Crippen LogP contribution in [0.25, 0.3) is 0 Å². The smallest absolute Gasteiger partial charge is 0.262 e. The number of aromatic nitrogens is 1. The first-order chi connectivity index (χ1) is 10.5. The van der Waals surface area contributed by atoms with Crippen LogP contribution in [0.1, 0.15) is 25.3 Å². The van der Waals surface area contributed by atoms with Gasteiger partial charge in [-0.05, 0) is 41.8 Å². The minimum atomic E-state index is -0.248. The summed E-state index contributed by atoms with van der Waals surface area (Å²) in [4.78, 5) is 15.8. The zero-order valence-corrected chi connectivity index (χ0v) is 14.6. The molecular formula is C16H16BrClN2O2. The van der Waals surface area contributed by atoms with Crippen molar-refractivity contribution in [2.75, 3.05) is 11.9 Å². The van der Waals surface area contributed by atoms with Crippen LogP contribution in [0.4, 0.5) is 5.69 Å². The molecule has 22 heavy (non-hydrogen) atoms. The minimum Gasteiger partial charge on any atom is -0.483 e. The summed E-state index contributed by atoms with van der Waals surface area (Å²) >= 11 is 9.14. The summed E-state index contributed by atoms with van der Waals surface area (Å²) in [5.74, 6) is 0.764. The van der Waals surface area contributed by atoms with Gasteiger partial charge in [0, 0.05) is 4.47 Å². The van der Waals surface area contributed by atoms with Gasteiger partial charge in [-0.1, -0.05) is 41.4 Å². The molecule has 2 rings (SSSR count). The van der Waals surface area contributed by atoms with Crippen LogP contribution in [-0.4, -0.2) is 17.5 Å². The van der Waals surface area contributed by atoms with E-state index in [4.69, 9.17) is 16.3 Å². The minimum absolute atomic E-state index is 0.0655. The van der Waals surface area contributed by atoms with Gasteiger partial charge in [-0.2, -0.15) is 0 Å². The van der Waals surface area contributed by atoms with Gasteiger partial charge in [0.1, 0.15) is 10.9 Å². The number of pyridine rings is 1. The lowest BCUT2D eigenvalue weighted by molar-refractivity contribution is -0.118. The summed E-state index contributed by atoms with van der Waals surface area (Å²) in [7, 11) is 0. The maximum atomic E-state index is 11.9. The van der Waals surface area contributed by atoms with E-state index >= 15 is 0 Å². The van der Waals surface area contributed by atoms with Crippen molar-refractivity contribution < 1.29 is 9.53 Å². The predicted octanol–water partition coefficient (Wildman–Crippen LogP) is 4.64. The van der Waals surface area contributed by atoms with E-state index in [9.17, 15) is 4.79 Å². The van der Waals surface area contributed by atoms with Crippen LogP contribution >= 0.6 is 27.5 Å². The third-order valence-electron chi connectivity index (χ3n) is 2.96. The van der Waals surface area contributed by atoms with Crippen LogP contribution < -0.4 is 10.1 Å². The average molecular weight is 384 g/mol. The molecule has 0 atom stereocenters. The van der Waals surface area contributed by atoms with E-state index in [0.717, 1.165) is 10.0 Å². The molecule has 0 aliphatic rings. The van der Waals surface area contributed by atoms with Gasteiger partial charge < -0.3 is 10.1 Å². The van der Waals surface area contributed by atoms with Gasteiger partial charge in [-0.15, -0.1) is 0 Å². The fourth-order valence-electron chi connectivity index (χ4n) is 1.89. The standard InChI is InChI=1S/C16H16BrClN2O2/c1-10(2)13-7-11(17)3-5-14(13)22-9-16(21)20-12-4-6-15(18)19-8-12/h3-8,10H,9H2,1-2H3,(H,20,21). The molecule has 0 fully saturated rings. The first-order valence-corrected chi connectivity index (χ1v) is 7.96. The number of carbonyl (C=O) groups excluding carboxylic acids is 1. The number of rotatable bonds is 5. The molecule has 0 saturated carbocycles. The van der Waals surface area contributed by atoms with E-state index in [0.29, 0.717) is 22.5 Å². The average Bonchev–Trinajstić information content (AvgIpc) is 2.48.